The number of rotatable bonds is 7. The van der Waals surface area contributed by atoms with Crippen LogP contribution in [0.1, 0.15) is 62.0 Å². The average molecular weight is 409 g/mol. The molecule has 0 amide bonds. The highest BCUT2D eigenvalue weighted by Gasteiger charge is 2.30. The van der Waals surface area contributed by atoms with E-state index >= 15 is 0 Å². The number of benzene rings is 1. The van der Waals surface area contributed by atoms with E-state index in [1.54, 1.807) is 6.92 Å². The fourth-order valence-corrected chi connectivity index (χ4v) is 3.29. The molecule has 6 heteroatoms. The van der Waals surface area contributed by atoms with Crippen LogP contribution in [0.3, 0.4) is 0 Å². The Morgan fingerprint density at radius 1 is 1.11 bits per heavy atom. The van der Waals surface area contributed by atoms with E-state index in [-0.39, 0.29) is 52.6 Å². The molecule has 0 spiro atoms. The minimum atomic E-state index is -0.278. The van der Waals surface area contributed by atoms with Gasteiger partial charge in [-0.15, -0.1) is 0 Å². The summed E-state index contributed by atoms with van der Waals surface area (Å²) in [7, 11) is 0. The summed E-state index contributed by atoms with van der Waals surface area (Å²) in [6.07, 6.45) is 6.42. The number of carbonyl (C=O) groups is 1. The smallest absolute Gasteiger partial charge is 0.180 e. The SMILES string of the molecule is C/C(=C\Cc1c(O)c(Cl)c(C)c(C=O)c1O)CC/C=C(\C)C1OC(C)C(C)O1. The molecule has 1 aliphatic heterocycles. The molecule has 2 rings (SSSR count). The van der Waals surface area contributed by atoms with Crippen molar-refractivity contribution >= 4 is 17.9 Å². The summed E-state index contributed by atoms with van der Waals surface area (Å²) in [5.74, 6) is -0.395. The average Bonchev–Trinajstić information content (AvgIpc) is 2.99. The predicted molar refractivity (Wildman–Crippen MR) is 110 cm³/mol. The Bertz CT molecular complexity index is 787. The summed E-state index contributed by atoms with van der Waals surface area (Å²) < 4.78 is 11.5. The van der Waals surface area contributed by atoms with Crippen molar-refractivity contribution in [2.75, 3.05) is 0 Å². The molecule has 0 bridgehead atoms. The Morgan fingerprint density at radius 3 is 2.29 bits per heavy atom. The highest BCUT2D eigenvalue weighted by Crippen LogP contribution is 2.40. The maximum absolute atomic E-state index is 11.2. The van der Waals surface area contributed by atoms with Crippen LogP contribution >= 0.6 is 11.6 Å². The van der Waals surface area contributed by atoms with Gasteiger partial charge in [0.1, 0.15) is 11.5 Å². The first-order valence-corrected chi connectivity index (χ1v) is 9.86. The molecule has 5 nitrogen and oxygen atoms in total. The molecule has 0 saturated carbocycles. The monoisotopic (exact) mass is 408 g/mol. The third kappa shape index (κ3) is 4.96. The molecule has 1 aromatic rings. The molecular weight excluding hydrogens is 380 g/mol. The lowest BCUT2D eigenvalue weighted by Gasteiger charge is -2.13. The molecular formula is C22H29ClO5. The molecule has 0 aromatic heterocycles. The van der Waals surface area contributed by atoms with Gasteiger partial charge >= 0.3 is 0 Å². The highest BCUT2D eigenvalue weighted by atomic mass is 35.5. The minimum absolute atomic E-state index is 0.0907. The van der Waals surface area contributed by atoms with Gasteiger partial charge in [0.2, 0.25) is 0 Å². The summed E-state index contributed by atoms with van der Waals surface area (Å²) in [5.41, 5.74) is 2.90. The Hall–Kier alpha value is -1.82. The van der Waals surface area contributed by atoms with E-state index in [1.807, 2.05) is 33.8 Å². The van der Waals surface area contributed by atoms with E-state index in [0.717, 1.165) is 24.0 Å². The van der Waals surface area contributed by atoms with Gasteiger partial charge in [0.25, 0.3) is 0 Å². The quantitative estimate of drug-likeness (QED) is 0.476. The second-order valence-electron chi connectivity index (χ2n) is 7.40. The molecule has 1 fully saturated rings. The van der Waals surface area contributed by atoms with E-state index in [2.05, 4.69) is 6.08 Å². The first kappa shape index (κ1) is 22.5. The highest BCUT2D eigenvalue weighted by molar-refractivity contribution is 6.33. The number of aromatic hydroxyl groups is 2. The van der Waals surface area contributed by atoms with Crippen molar-refractivity contribution in [2.45, 2.75) is 72.4 Å². The number of carbonyl (C=O) groups excluding carboxylic acids is 1. The second kappa shape index (κ2) is 9.59. The summed E-state index contributed by atoms with van der Waals surface area (Å²) >= 11 is 6.08. The summed E-state index contributed by atoms with van der Waals surface area (Å²) in [5, 5.41) is 20.6. The number of hydrogen-bond acceptors (Lipinski definition) is 5. The summed E-state index contributed by atoms with van der Waals surface area (Å²) in [6, 6.07) is 0. The van der Waals surface area contributed by atoms with Crippen molar-refractivity contribution < 1.29 is 24.5 Å². The Balaban J connectivity index is 2.01. The third-order valence-corrected chi connectivity index (χ3v) is 5.72. The fourth-order valence-electron chi connectivity index (χ4n) is 3.08. The van der Waals surface area contributed by atoms with Gasteiger partial charge in [-0.1, -0.05) is 29.3 Å². The van der Waals surface area contributed by atoms with Crippen LogP contribution in [0.2, 0.25) is 5.02 Å². The standard InChI is InChI=1S/C22H29ClO5/c1-12(7-6-8-13(2)22-27-15(4)16(5)28-22)9-10-17-20(25)18(11-24)14(3)19(23)21(17)26/h8-9,11,15-16,22,25-26H,6-7,10H2,1-5H3/b12-9+,13-8+. The molecule has 1 heterocycles. The zero-order valence-corrected chi connectivity index (χ0v) is 17.8. The number of ether oxygens (including phenoxy) is 2. The van der Waals surface area contributed by atoms with Crippen LogP contribution < -0.4 is 0 Å². The summed E-state index contributed by atoms with van der Waals surface area (Å²) in [6.45, 7) is 9.58. The van der Waals surface area contributed by atoms with Gasteiger partial charge in [-0.05, 0) is 65.0 Å². The molecule has 0 radical (unpaired) electrons. The van der Waals surface area contributed by atoms with Gasteiger partial charge in [0.05, 0.1) is 22.8 Å². The molecule has 1 aliphatic rings. The van der Waals surface area contributed by atoms with Crippen molar-refractivity contribution in [3.63, 3.8) is 0 Å². The van der Waals surface area contributed by atoms with Crippen LogP contribution in [0, 0.1) is 6.92 Å². The maximum atomic E-state index is 11.2. The van der Waals surface area contributed by atoms with Crippen molar-refractivity contribution in [2.24, 2.45) is 0 Å². The fraction of sp³-hybridized carbons (Fsp3) is 0.500. The summed E-state index contributed by atoms with van der Waals surface area (Å²) in [4.78, 5) is 11.2. The van der Waals surface area contributed by atoms with Gasteiger partial charge < -0.3 is 19.7 Å². The topological polar surface area (TPSA) is 76.0 Å². The van der Waals surface area contributed by atoms with Crippen LogP contribution in [-0.2, 0) is 15.9 Å². The van der Waals surface area contributed by atoms with E-state index < -0.39 is 0 Å². The minimum Gasteiger partial charge on any atom is -0.507 e. The van der Waals surface area contributed by atoms with Gasteiger partial charge in [-0.3, -0.25) is 4.79 Å². The number of halogens is 1. The first-order valence-electron chi connectivity index (χ1n) is 9.48. The Labute approximate surface area is 171 Å². The van der Waals surface area contributed by atoms with Crippen LogP contribution in [0.25, 0.3) is 0 Å². The predicted octanol–water partition coefficient (Wildman–Crippen LogP) is 5.24. The third-order valence-electron chi connectivity index (χ3n) is 5.25. The molecule has 1 saturated heterocycles. The number of phenols is 2. The molecule has 1 aromatic carbocycles. The van der Waals surface area contributed by atoms with Crippen LogP contribution in [0.5, 0.6) is 11.5 Å². The van der Waals surface area contributed by atoms with Crippen molar-refractivity contribution in [3.8, 4) is 11.5 Å². The zero-order chi connectivity index (χ0) is 21.0. The molecule has 2 N–H and O–H groups in total. The van der Waals surface area contributed by atoms with Gasteiger partial charge in [0, 0.05) is 5.56 Å². The number of allylic oxidation sites excluding steroid dienone is 3. The zero-order valence-electron chi connectivity index (χ0n) is 17.1. The van der Waals surface area contributed by atoms with E-state index in [0.29, 0.717) is 11.8 Å². The van der Waals surface area contributed by atoms with Gasteiger partial charge in [-0.2, -0.15) is 0 Å². The van der Waals surface area contributed by atoms with Crippen molar-refractivity contribution in [3.05, 3.63) is 45.0 Å². The number of aldehydes is 1. The van der Waals surface area contributed by atoms with Gasteiger partial charge in [0.15, 0.2) is 12.6 Å². The van der Waals surface area contributed by atoms with E-state index in [4.69, 9.17) is 21.1 Å². The molecule has 28 heavy (non-hydrogen) atoms. The number of phenolic OH excluding ortho intramolecular Hbond substituents is 2. The number of hydrogen-bond donors (Lipinski definition) is 2. The van der Waals surface area contributed by atoms with Crippen molar-refractivity contribution in [1.82, 2.24) is 0 Å². The van der Waals surface area contributed by atoms with E-state index in [1.165, 1.54) is 0 Å². The molecule has 0 aliphatic carbocycles. The molecule has 154 valence electrons. The lowest BCUT2D eigenvalue weighted by Crippen LogP contribution is -2.13. The molecule has 2 atom stereocenters. The maximum Gasteiger partial charge on any atom is 0.180 e. The second-order valence-corrected chi connectivity index (χ2v) is 7.78. The lowest BCUT2D eigenvalue weighted by atomic mass is 9.99. The van der Waals surface area contributed by atoms with Crippen molar-refractivity contribution in [1.29, 1.82) is 0 Å². The molecule has 2 unspecified atom stereocenters. The van der Waals surface area contributed by atoms with Crippen LogP contribution in [0.15, 0.2) is 23.3 Å². The lowest BCUT2D eigenvalue weighted by molar-refractivity contribution is -0.0334. The normalized spacial score (nSPS) is 23.3. The van der Waals surface area contributed by atoms with Crippen LogP contribution in [-0.4, -0.2) is 35.0 Å². The van der Waals surface area contributed by atoms with Gasteiger partial charge in [-0.25, -0.2) is 0 Å². The Morgan fingerprint density at radius 2 is 1.71 bits per heavy atom. The van der Waals surface area contributed by atoms with E-state index in [9.17, 15) is 15.0 Å². The largest absolute Gasteiger partial charge is 0.507 e. The Kier molecular flexibility index (Phi) is 7.70. The first-order chi connectivity index (χ1) is 13.2. The van der Waals surface area contributed by atoms with Crippen LogP contribution in [0.4, 0.5) is 0 Å².